The standard InChI is InChI=1S/C14H14O.C9H15N.C5H5N/c1-14(15,12-8-4-2-5-9-12)13-10-6-3-7-11-13;1-9(2,10)8-6-4-3-5-7-8;1-2-4-6-5-3-1/h4,6,8-11,15H,2,5H2,1H3;4,6-7H,3,5,10H2,1-2H3;1-5H. The lowest BCUT2D eigenvalue weighted by molar-refractivity contribution is 0.101. The summed E-state index contributed by atoms with van der Waals surface area (Å²) in [6, 6.07) is 16.8. The number of rotatable bonds is 3. The normalized spacial score (nSPS) is 16.8. The smallest absolute Gasteiger partial charge is 0.112 e. The van der Waals surface area contributed by atoms with E-state index in [9.17, 15) is 5.11 Å². The van der Waals surface area contributed by atoms with E-state index in [1.54, 1.807) is 24.5 Å². The molecular weight excluding hydrogens is 380 g/mol. The van der Waals surface area contributed by atoms with Gasteiger partial charge >= 0.3 is 0 Å². The second-order valence-electron chi connectivity index (χ2n) is 8.32. The fourth-order valence-electron chi connectivity index (χ4n) is 3.19. The number of pyridine rings is 1. The van der Waals surface area contributed by atoms with Gasteiger partial charge in [0, 0.05) is 17.9 Å². The Morgan fingerprint density at radius 3 is 1.84 bits per heavy atom. The summed E-state index contributed by atoms with van der Waals surface area (Å²) in [5.74, 6) is 0. The van der Waals surface area contributed by atoms with Crippen LogP contribution in [0, 0.1) is 12.1 Å². The maximum atomic E-state index is 10.5. The van der Waals surface area contributed by atoms with Crippen LogP contribution in [-0.2, 0) is 5.60 Å². The van der Waals surface area contributed by atoms with Crippen molar-refractivity contribution in [3.05, 3.63) is 114 Å². The molecule has 0 bridgehead atoms. The Bertz CT molecular complexity index is 859. The van der Waals surface area contributed by atoms with Crippen LogP contribution in [0.2, 0.25) is 0 Å². The number of aromatic nitrogens is 1. The minimum Gasteiger partial charge on any atom is -0.381 e. The fraction of sp³-hybridized carbons (Fsp3) is 0.321. The fourth-order valence-corrected chi connectivity index (χ4v) is 3.19. The Morgan fingerprint density at radius 2 is 1.48 bits per heavy atom. The summed E-state index contributed by atoms with van der Waals surface area (Å²) in [5, 5.41) is 10.5. The molecule has 1 unspecified atom stereocenters. The average Bonchev–Trinajstić information content (AvgIpc) is 2.82. The molecule has 0 radical (unpaired) electrons. The molecule has 31 heavy (non-hydrogen) atoms. The van der Waals surface area contributed by atoms with Crippen molar-refractivity contribution in [1.29, 1.82) is 0 Å². The van der Waals surface area contributed by atoms with Gasteiger partial charge in [0.05, 0.1) is 0 Å². The van der Waals surface area contributed by atoms with Gasteiger partial charge in [-0.2, -0.15) is 0 Å². The van der Waals surface area contributed by atoms with E-state index in [0.29, 0.717) is 0 Å². The topological polar surface area (TPSA) is 59.1 Å². The van der Waals surface area contributed by atoms with Crippen LogP contribution in [0.15, 0.2) is 96.4 Å². The van der Waals surface area contributed by atoms with E-state index in [2.05, 4.69) is 47.5 Å². The van der Waals surface area contributed by atoms with E-state index >= 15 is 0 Å². The Kier molecular flexibility index (Phi) is 9.46. The Hall–Kier alpha value is -2.93. The van der Waals surface area contributed by atoms with Gasteiger partial charge in [-0.1, -0.05) is 54.7 Å². The van der Waals surface area contributed by atoms with E-state index < -0.39 is 5.60 Å². The number of aliphatic hydroxyl groups is 1. The van der Waals surface area contributed by atoms with Gasteiger partial charge in [0.25, 0.3) is 0 Å². The zero-order chi connectivity index (χ0) is 22.6. The van der Waals surface area contributed by atoms with Crippen LogP contribution in [0.3, 0.4) is 0 Å². The molecule has 1 heterocycles. The summed E-state index contributed by atoms with van der Waals surface area (Å²) < 4.78 is 0. The van der Waals surface area contributed by atoms with Crippen LogP contribution in [0.25, 0.3) is 0 Å². The van der Waals surface area contributed by atoms with Gasteiger partial charge in [0.15, 0.2) is 0 Å². The molecule has 0 spiro atoms. The average molecular weight is 415 g/mol. The third kappa shape index (κ3) is 8.38. The minimum absolute atomic E-state index is 0.156. The first kappa shape index (κ1) is 24.3. The lowest BCUT2D eigenvalue weighted by Gasteiger charge is -2.26. The quantitative estimate of drug-likeness (QED) is 0.662. The minimum atomic E-state index is -0.914. The first-order valence-electron chi connectivity index (χ1n) is 10.8. The van der Waals surface area contributed by atoms with Crippen LogP contribution < -0.4 is 5.73 Å². The van der Waals surface area contributed by atoms with E-state index in [1.165, 1.54) is 12.0 Å². The molecule has 0 aliphatic heterocycles. The van der Waals surface area contributed by atoms with Crippen molar-refractivity contribution in [3.8, 4) is 0 Å². The molecule has 162 valence electrons. The highest BCUT2D eigenvalue weighted by molar-refractivity contribution is 5.38. The van der Waals surface area contributed by atoms with Crippen LogP contribution in [0.4, 0.5) is 0 Å². The number of hydrogen-bond donors (Lipinski definition) is 2. The predicted octanol–water partition coefficient (Wildman–Crippen LogP) is 5.85. The third-order valence-corrected chi connectivity index (χ3v) is 5.08. The SMILES string of the molecule is CC(C)(N)C1=CCCC=C1.CC(O)(C1=CCCC=C1)c1cc#ccc1.c1ccncc1. The monoisotopic (exact) mass is 414 g/mol. The second kappa shape index (κ2) is 12.1. The van der Waals surface area contributed by atoms with Gasteiger partial charge in [0.1, 0.15) is 5.60 Å². The maximum Gasteiger partial charge on any atom is 0.112 e. The van der Waals surface area contributed by atoms with Crippen molar-refractivity contribution < 1.29 is 5.11 Å². The molecule has 2 aliphatic rings. The molecule has 0 fully saturated rings. The molecule has 2 aromatic rings. The van der Waals surface area contributed by atoms with Crippen LogP contribution in [0.5, 0.6) is 0 Å². The van der Waals surface area contributed by atoms with Crippen molar-refractivity contribution in [2.45, 2.75) is 57.6 Å². The van der Waals surface area contributed by atoms with Crippen LogP contribution >= 0.6 is 0 Å². The van der Waals surface area contributed by atoms with E-state index in [-0.39, 0.29) is 5.54 Å². The van der Waals surface area contributed by atoms with Gasteiger partial charge in [-0.15, -0.1) is 0 Å². The van der Waals surface area contributed by atoms with Crippen molar-refractivity contribution in [2.24, 2.45) is 5.73 Å². The van der Waals surface area contributed by atoms with Gasteiger partial charge < -0.3 is 10.8 Å². The van der Waals surface area contributed by atoms with Gasteiger partial charge in [-0.05, 0) is 93.5 Å². The zero-order valence-corrected chi connectivity index (χ0v) is 18.9. The summed E-state index contributed by atoms with van der Waals surface area (Å²) in [4.78, 5) is 3.78. The third-order valence-electron chi connectivity index (χ3n) is 5.08. The van der Waals surface area contributed by atoms with E-state index in [1.807, 2.05) is 51.1 Å². The Balaban J connectivity index is 0.000000183. The van der Waals surface area contributed by atoms with Crippen LogP contribution in [0.1, 0.15) is 52.0 Å². The van der Waals surface area contributed by atoms with E-state index in [4.69, 9.17) is 5.73 Å². The highest BCUT2D eigenvalue weighted by Gasteiger charge is 2.26. The van der Waals surface area contributed by atoms with Crippen LogP contribution in [-0.4, -0.2) is 15.6 Å². The molecule has 2 aliphatic carbocycles. The number of allylic oxidation sites excluding steroid dienone is 4. The molecule has 1 aromatic carbocycles. The molecule has 1 aromatic heterocycles. The summed E-state index contributed by atoms with van der Waals surface area (Å²) >= 11 is 0. The molecule has 3 nitrogen and oxygen atoms in total. The molecule has 1 atom stereocenters. The lowest BCUT2D eigenvalue weighted by Crippen LogP contribution is -2.33. The van der Waals surface area contributed by atoms with Crippen molar-refractivity contribution in [1.82, 2.24) is 4.98 Å². The summed E-state index contributed by atoms with van der Waals surface area (Å²) in [5.41, 5.74) is 7.91. The molecule has 3 heteroatoms. The highest BCUT2D eigenvalue weighted by Crippen LogP contribution is 2.31. The van der Waals surface area contributed by atoms with Gasteiger partial charge in [-0.25, -0.2) is 0 Å². The maximum absolute atomic E-state index is 10.5. The predicted molar refractivity (Wildman–Crippen MR) is 129 cm³/mol. The zero-order valence-electron chi connectivity index (χ0n) is 18.9. The number of nitrogens with zero attached hydrogens (tertiary/aromatic N) is 1. The summed E-state index contributed by atoms with van der Waals surface area (Å²) in [6.07, 6.45) is 20.6. The molecular formula is C28H34N2O. The van der Waals surface area contributed by atoms with Crippen molar-refractivity contribution >= 4 is 0 Å². The second-order valence-corrected chi connectivity index (χ2v) is 8.32. The lowest BCUT2D eigenvalue weighted by atomic mass is 9.85. The Morgan fingerprint density at radius 1 is 0.871 bits per heavy atom. The number of hydrogen-bond acceptors (Lipinski definition) is 3. The van der Waals surface area contributed by atoms with Crippen molar-refractivity contribution in [3.63, 3.8) is 0 Å². The van der Waals surface area contributed by atoms with Gasteiger partial charge in [0.2, 0.25) is 0 Å². The molecule has 0 saturated heterocycles. The first-order chi connectivity index (χ1) is 14.8. The molecule has 4 rings (SSSR count). The molecule has 0 amide bonds. The first-order valence-corrected chi connectivity index (χ1v) is 10.8. The largest absolute Gasteiger partial charge is 0.381 e. The Labute approximate surface area is 187 Å². The summed E-state index contributed by atoms with van der Waals surface area (Å²) in [6.45, 7) is 5.89. The number of nitrogens with two attached hydrogens (primary N) is 1. The highest BCUT2D eigenvalue weighted by atomic mass is 16.3. The molecule has 3 N–H and O–H groups in total. The van der Waals surface area contributed by atoms with Gasteiger partial charge in [-0.3, -0.25) is 4.98 Å². The van der Waals surface area contributed by atoms with Crippen molar-refractivity contribution in [2.75, 3.05) is 0 Å². The van der Waals surface area contributed by atoms with E-state index in [0.717, 1.165) is 30.4 Å². The molecule has 0 saturated carbocycles. The summed E-state index contributed by atoms with van der Waals surface area (Å²) in [7, 11) is 0.